The van der Waals surface area contributed by atoms with Crippen LogP contribution in [-0.2, 0) is 0 Å². The van der Waals surface area contributed by atoms with E-state index >= 15 is 0 Å². The Morgan fingerprint density at radius 3 is 1.93 bits per heavy atom. The number of nitrogens with zero attached hydrogens (tertiary/aromatic N) is 2. The molecule has 3 aromatic carbocycles. The first-order valence-electron chi connectivity index (χ1n) is 10.1. The maximum Gasteiger partial charge on any atom is 0.198 e. The summed E-state index contributed by atoms with van der Waals surface area (Å²) >= 11 is 0. The second-order valence-corrected chi connectivity index (χ2v) is 7.55. The van der Waals surface area contributed by atoms with Crippen molar-refractivity contribution in [2.24, 2.45) is 0 Å². The van der Waals surface area contributed by atoms with E-state index in [4.69, 9.17) is 9.40 Å². The van der Waals surface area contributed by atoms with Crippen LogP contribution >= 0.6 is 0 Å². The summed E-state index contributed by atoms with van der Waals surface area (Å²) in [6.07, 6.45) is 2.14. The summed E-state index contributed by atoms with van der Waals surface area (Å²) in [6.45, 7) is 2.08. The van der Waals surface area contributed by atoms with E-state index < -0.39 is 0 Å². The Hall–Kier alpha value is -2.91. The number of likely N-dealkylation sites (tertiary alicyclic amines) is 1. The van der Waals surface area contributed by atoms with Crippen molar-refractivity contribution in [2.75, 3.05) is 13.1 Å². The zero-order valence-electron chi connectivity index (χ0n) is 15.9. The van der Waals surface area contributed by atoms with Crippen molar-refractivity contribution >= 4 is 11.1 Å². The number of fused-ring (bicyclic) bond motifs is 1. The molecule has 1 aliphatic heterocycles. The summed E-state index contributed by atoms with van der Waals surface area (Å²) in [4.78, 5) is 7.34. The van der Waals surface area contributed by atoms with Gasteiger partial charge < -0.3 is 4.42 Å². The molecule has 0 radical (unpaired) electrons. The van der Waals surface area contributed by atoms with Gasteiger partial charge in [0.1, 0.15) is 5.52 Å². The van der Waals surface area contributed by atoms with Crippen LogP contribution in [0, 0.1) is 0 Å². The molecule has 0 atom stereocenters. The molecule has 5 rings (SSSR count). The van der Waals surface area contributed by atoms with Crippen LogP contribution in [0.4, 0.5) is 0 Å². The van der Waals surface area contributed by atoms with Crippen molar-refractivity contribution in [3.63, 3.8) is 0 Å². The molecule has 2 heterocycles. The van der Waals surface area contributed by atoms with Crippen molar-refractivity contribution in [1.82, 2.24) is 9.88 Å². The lowest BCUT2D eigenvalue weighted by Gasteiger charge is -2.37. The predicted octanol–water partition coefficient (Wildman–Crippen LogP) is 5.80. The summed E-state index contributed by atoms with van der Waals surface area (Å²) in [7, 11) is 0. The number of para-hydroxylation sites is 2. The quantitative estimate of drug-likeness (QED) is 0.456. The number of piperidine rings is 1. The van der Waals surface area contributed by atoms with Gasteiger partial charge in [0.25, 0.3) is 0 Å². The first kappa shape index (κ1) is 17.2. The topological polar surface area (TPSA) is 29.3 Å². The zero-order chi connectivity index (χ0) is 18.8. The molecule has 0 bridgehead atoms. The fraction of sp³-hybridized carbons (Fsp3) is 0.240. The third-order valence-electron chi connectivity index (χ3n) is 5.78. The molecule has 4 aromatic rings. The Morgan fingerprint density at radius 2 is 1.32 bits per heavy atom. The minimum Gasteiger partial charge on any atom is -0.440 e. The normalized spacial score (nSPS) is 16.0. The first-order valence-corrected chi connectivity index (χ1v) is 10.1. The molecular weight excluding hydrogens is 344 g/mol. The van der Waals surface area contributed by atoms with E-state index in [1.807, 2.05) is 24.3 Å². The Balaban J connectivity index is 1.37. The molecule has 3 heteroatoms. The fourth-order valence-electron chi connectivity index (χ4n) is 4.35. The summed E-state index contributed by atoms with van der Waals surface area (Å²) in [5.74, 6) is 1.30. The Kier molecular flexibility index (Phi) is 4.67. The van der Waals surface area contributed by atoms with Gasteiger partial charge in [-0.1, -0.05) is 72.8 Å². The molecule has 0 N–H and O–H groups in total. The van der Waals surface area contributed by atoms with Gasteiger partial charge >= 0.3 is 0 Å². The van der Waals surface area contributed by atoms with Crippen molar-refractivity contribution in [3.05, 3.63) is 102 Å². The molecule has 1 aromatic heterocycles. The number of rotatable bonds is 4. The van der Waals surface area contributed by atoms with Crippen molar-refractivity contribution in [1.29, 1.82) is 0 Å². The highest BCUT2D eigenvalue weighted by molar-refractivity contribution is 5.72. The molecule has 1 saturated heterocycles. The van der Waals surface area contributed by atoms with Gasteiger partial charge in [-0.3, -0.25) is 4.90 Å². The molecule has 1 aliphatic rings. The summed E-state index contributed by atoms with van der Waals surface area (Å²) in [6, 6.07) is 30.0. The van der Waals surface area contributed by atoms with Gasteiger partial charge in [-0.25, -0.2) is 4.98 Å². The number of aromatic nitrogens is 1. The number of oxazole rings is 1. The van der Waals surface area contributed by atoms with Gasteiger partial charge in [-0.15, -0.1) is 0 Å². The molecule has 140 valence electrons. The van der Waals surface area contributed by atoms with Crippen molar-refractivity contribution in [2.45, 2.75) is 24.8 Å². The number of hydrogen-bond donors (Lipinski definition) is 0. The second-order valence-electron chi connectivity index (χ2n) is 7.55. The van der Waals surface area contributed by atoms with E-state index in [0.29, 0.717) is 12.0 Å². The minimum atomic E-state index is 0.298. The smallest absolute Gasteiger partial charge is 0.198 e. The molecule has 0 unspecified atom stereocenters. The first-order chi connectivity index (χ1) is 13.9. The van der Waals surface area contributed by atoms with E-state index in [1.165, 1.54) is 11.1 Å². The van der Waals surface area contributed by atoms with Gasteiger partial charge in [-0.2, -0.15) is 0 Å². The highest BCUT2D eigenvalue weighted by Gasteiger charge is 2.29. The molecule has 0 amide bonds. The SMILES string of the molecule is c1ccc(C(c2ccccc2)N2CCC(c3nc4ccccc4o3)CC2)cc1. The minimum absolute atomic E-state index is 0.298. The predicted molar refractivity (Wildman–Crippen MR) is 112 cm³/mol. The lowest BCUT2D eigenvalue weighted by atomic mass is 9.91. The third-order valence-corrected chi connectivity index (χ3v) is 5.78. The van der Waals surface area contributed by atoms with Crippen LogP contribution in [0.25, 0.3) is 11.1 Å². The lowest BCUT2D eigenvalue weighted by molar-refractivity contribution is 0.166. The van der Waals surface area contributed by atoms with Crippen LogP contribution in [0.3, 0.4) is 0 Å². The maximum absolute atomic E-state index is 6.04. The van der Waals surface area contributed by atoms with Crippen LogP contribution < -0.4 is 0 Å². The molecule has 1 fully saturated rings. The average molecular weight is 368 g/mol. The molecule has 0 saturated carbocycles. The molecule has 28 heavy (non-hydrogen) atoms. The third kappa shape index (κ3) is 3.34. The lowest BCUT2D eigenvalue weighted by Crippen LogP contribution is -2.36. The Morgan fingerprint density at radius 1 is 0.750 bits per heavy atom. The molecule has 3 nitrogen and oxygen atoms in total. The largest absolute Gasteiger partial charge is 0.440 e. The van der Waals surface area contributed by atoms with Crippen LogP contribution in [0.15, 0.2) is 89.3 Å². The summed E-state index contributed by atoms with van der Waals surface area (Å²) < 4.78 is 6.04. The van der Waals surface area contributed by atoms with Crippen LogP contribution in [0.1, 0.15) is 41.8 Å². The molecule has 0 aliphatic carbocycles. The van der Waals surface area contributed by atoms with Gasteiger partial charge in [0.15, 0.2) is 11.5 Å². The standard InChI is InChI=1S/C25H24N2O/c1-3-9-19(10-4-1)24(20-11-5-2-6-12-20)27-17-15-21(16-18-27)25-26-22-13-7-8-14-23(22)28-25/h1-14,21,24H,15-18H2. The Labute approximate surface area is 165 Å². The fourth-order valence-corrected chi connectivity index (χ4v) is 4.35. The van der Waals surface area contributed by atoms with E-state index in [1.54, 1.807) is 0 Å². The number of benzene rings is 3. The molecular formula is C25H24N2O. The monoisotopic (exact) mass is 368 g/mol. The van der Waals surface area contributed by atoms with Crippen molar-refractivity contribution in [3.8, 4) is 0 Å². The highest BCUT2D eigenvalue weighted by atomic mass is 16.3. The maximum atomic E-state index is 6.04. The highest BCUT2D eigenvalue weighted by Crippen LogP contribution is 2.36. The number of hydrogen-bond acceptors (Lipinski definition) is 3. The summed E-state index contributed by atoms with van der Waals surface area (Å²) in [5.41, 5.74) is 4.57. The zero-order valence-corrected chi connectivity index (χ0v) is 15.9. The van der Waals surface area contributed by atoms with Crippen LogP contribution in [0.5, 0.6) is 0 Å². The van der Waals surface area contributed by atoms with E-state index in [-0.39, 0.29) is 0 Å². The average Bonchev–Trinajstić information content (AvgIpc) is 3.20. The van der Waals surface area contributed by atoms with Gasteiger partial charge in [0.05, 0.1) is 6.04 Å². The summed E-state index contributed by atoms with van der Waals surface area (Å²) in [5, 5.41) is 0. The van der Waals surface area contributed by atoms with Crippen LogP contribution in [-0.4, -0.2) is 23.0 Å². The Bertz CT molecular complexity index is 961. The van der Waals surface area contributed by atoms with Gasteiger partial charge in [-0.05, 0) is 49.2 Å². The van der Waals surface area contributed by atoms with E-state index in [9.17, 15) is 0 Å². The molecule has 0 spiro atoms. The van der Waals surface area contributed by atoms with Gasteiger partial charge in [0, 0.05) is 5.92 Å². The van der Waals surface area contributed by atoms with Crippen LogP contribution in [0.2, 0.25) is 0 Å². The van der Waals surface area contributed by atoms with Gasteiger partial charge in [0.2, 0.25) is 0 Å². The van der Waals surface area contributed by atoms with E-state index in [0.717, 1.165) is 42.9 Å². The second kappa shape index (κ2) is 7.61. The van der Waals surface area contributed by atoms with E-state index in [2.05, 4.69) is 65.6 Å². The van der Waals surface area contributed by atoms with Crippen molar-refractivity contribution < 1.29 is 4.42 Å².